The van der Waals surface area contributed by atoms with Crippen molar-refractivity contribution in [1.82, 2.24) is 4.57 Å². The smallest absolute Gasteiger partial charge is 0.302 e. The normalized spacial score (nSPS) is 18.0. The number of nitrogens with zero attached hydrogens (tertiary/aromatic N) is 2. The Morgan fingerprint density at radius 1 is 0.893 bits per heavy atom. The molecule has 0 amide bonds. The molecule has 3 heteroatoms. The van der Waals surface area contributed by atoms with E-state index in [1.807, 2.05) is 0 Å². The molecule has 0 bridgehead atoms. The van der Waals surface area contributed by atoms with Crippen LogP contribution in [0.2, 0.25) is 0 Å². The van der Waals surface area contributed by atoms with Crippen molar-refractivity contribution in [2.75, 3.05) is 0 Å². The van der Waals surface area contributed by atoms with Gasteiger partial charge in [-0.15, -0.1) is 0 Å². The minimum absolute atomic E-state index is 0.447. The number of benzene rings is 3. The number of para-hydroxylation sites is 4. The van der Waals surface area contributed by atoms with Crippen molar-refractivity contribution in [2.45, 2.75) is 32.9 Å². The van der Waals surface area contributed by atoms with Gasteiger partial charge in [0.15, 0.2) is 11.0 Å². The van der Waals surface area contributed by atoms with Gasteiger partial charge in [0.25, 0.3) is 5.72 Å². The number of ether oxygens (including phenoxy) is 1. The van der Waals surface area contributed by atoms with Crippen LogP contribution in [-0.4, -0.2) is 4.57 Å². The van der Waals surface area contributed by atoms with Gasteiger partial charge in [-0.3, -0.25) is 0 Å². The van der Waals surface area contributed by atoms with Gasteiger partial charge in [-0.2, -0.15) is 9.13 Å². The van der Waals surface area contributed by atoms with Crippen LogP contribution in [0.4, 0.5) is 0 Å². The van der Waals surface area contributed by atoms with Crippen molar-refractivity contribution < 1.29 is 9.30 Å². The molecular formula is C25H25N2O+. The molecule has 0 fully saturated rings. The van der Waals surface area contributed by atoms with Crippen molar-refractivity contribution in [1.29, 1.82) is 0 Å². The van der Waals surface area contributed by atoms with E-state index in [1.54, 1.807) is 0 Å². The minimum atomic E-state index is -0.447. The molecular weight excluding hydrogens is 344 g/mol. The Hall–Kier alpha value is -3.07. The molecule has 0 spiro atoms. The number of aromatic nitrogens is 2. The van der Waals surface area contributed by atoms with E-state index in [0.29, 0.717) is 5.92 Å². The van der Waals surface area contributed by atoms with Gasteiger partial charge < -0.3 is 4.74 Å². The third kappa shape index (κ3) is 2.46. The highest BCUT2D eigenvalue weighted by molar-refractivity contribution is 5.80. The first-order valence-corrected chi connectivity index (χ1v) is 9.98. The second-order valence-electron chi connectivity index (χ2n) is 8.19. The van der Waals surface area contributed by atoms with E-state index in [0.717, 1.165) is 23.4 Å². The molecule has 3 nitrogen and oxygen atoms in total. The van der Waals surface area contributed by atoms with Gasteiger partial charge >= 0.3 is 5.82 Å². The van der Waals surface area contributed by atoms with Crippen molar-refractivity contribution in [3.05, 3.63) is 78.9 Å². The minimum Gasteiger partial charge on any atom is -0.449 e. The summed E-state index contributed by atoms with van der Waals surface area (Å²) in [6.45, 7) is 6.73. The number of fused-ring (bicyclic) bond motifs is 5. The molecule has 1 unspecified atom stereocenters. The maximum absolute atomic E-state index is 6.66. The Bertz CT molecular complexity index is 1160. The maximum atomic E-state index is 6.66. The Morgan fingerprint density at radius 2 is 1.57 bits per heavy atom. The lowest BCUT2D eigenvalue weighted by molar-refractivity contribution is -0.771. The summed E-state index contributed by atoms with van der Waals surface area (Å²) in [5, 5.41) is 0. The summed E-state index contributed by atoms with van der Waals surface area (Å²) < 4.78 is 11.4. The SMILES string of the molecule is CC(C)CC1(C)Oc2ccccc2-c2n(-c3ccccc3)c3ccccc3[n+]21. The summed E-state index contributed by atoms with van der Waals surface area (Å²) >= 11 is 0. The Kier molecular flexibility index (Phi) is 3.80. The molecule has 4 aromatic rings. The number of hydrogen-bond donors (Lipinski definition) is 0. The van der Waals surface area contributed by atoms with E-state index in [9.17, 15) is 0 Å². The van der Waals surface area contributed by atoms with Crippen LogP contribution in [0.15, 0.2) is 78.9 Å². The topological polar surface area (TPSA) is 18.0 Å². The van der Waals surface area contributed by atoms with Gasteiger partial charge in [-0.1, -0.05) is 56.3 Å². The molecule has 1 aliphatic rings. The first kappa shape index (κ1) is 17.1. The Labute approximate surface area is 165 Å². The van der Waals surface area contributed by atoms with Gasteiger partial charge in [-0.05, 0) is 42.3 Å². The molecule has 0 radical (unpaired) electrons. The lowest BCUT2D eigenvalue weighted by Crippen LogP contribution is -2.61. The molecule has 1 atom stereocenters. The van der Waals surface area contributed by atoms with Gasteiger partial charge in [0.2, 0.25) is 0 Å². The largest absolute Gasteiger partial charge is 0.449 e. The van der Waals surface area contributed by atoms with Gasteiger partial charge in [0.05, 0.1) is 0 Å². The van der Waals surface area contributed by atoms with E-state index >= 15 is 0 Å². The third-order valence-electron chi connectivity index (χ3n) is 5.52. The molecule has 3 aromatic carbocycles. The fourth-order valence-electron chi connectivity index (χ4n) is 4.64. The molecule has 1 aliphatic heterocycles. The summed E-state index contributed by atoms with van der Waals surface area (Å²) in [6, 6.07) is 27.6. The average Bonchev–Trinajstić information content (AvgIpc) is 3.04. The Balaban J connectivity index is 1.94. The Morgan fingerprint density at radius 3 is 2.36 bits per heavy atom. The van der Waals surface area contributed by atoms with E-state index < -0.39 is 5.72 Å². The highest BCUT2D eigenvalue weighted by Crippen LogP contribution is 2.41. The molecule has 0 saturated heterocycles. The zero-order valence-corrected chi connectivity index (χ0v) is 16.6. The van der Waals surface area contributed by atoms with Gasteiger partial charge in [-0.25, -0.2) is 0 Å². The predicted molar refractivity (Wildman–Crippen MR) is 113 cm³/mol. The van der Waals surface area contributed by atoms with Crippen LogP contribution in [0, 0.1) is 5.92 Å². The first-order chi connectivity index (χ1) is 13.6. The molecule has 140 valence electrons. The quantitative estimate of drug-likeness (QED) is 0.424. The van der Waals surface area contributed by atoms with E-state index in [-0.39, 0.29) is 0 Å². The van der Waals surface area contributed by atoms with Crippen molar-refractivity contribution in [3.8, 4) is 22.8 Å². The van der Waals surface area contributed by atoms with Crippen LogP contribution < -0.4 is 9.30 Å². The van der Waals surface area contributed by atoms with Crippen LogP contribution in [0.25, 0.3) is 28.1 Å². The first-order valence-electron chi connectivity index (χ1n) is 9.98. The van der Waals surface area contributed by atoms with Crippen molar-refractivity contribution in [3.63, 3.8) is 0 Å². The number of hydrogen-bond acceptors (Lipinski definition) is 1. The molecule has 1 aromatic heterocycles. The highest BCUT2D eigenvalue weighted by atomic mass is 16.5. The van der Waals surface area contributed by atoms with Crippen molar-refractivity contribution >= 4 is 11.0 Å². The van der Waals surface area contributed by atoms with Crippen molar-refractivity contribution in [2.24, 2.45) is 5.92 Å². The van der Waals surface area contributed by atoms with Crippen LogP contribution >= 0.6 is 0 Å². The molecule has 0 N–H and O–H groups in total. The van der Waals surface area contributed by atoms with Crippen LogP contribution in [-0.2, 0) is 5.72 Å². The van der Waals surface area contributed by atoms with E-state index in [4.69, 9.17) is 4.74 Å². The fraction of sp³-hybridized carbons (Fsp3) is 0.240. The predicted octanol–water partition coefficient (Wildman–Crippen LogP) is 5.70. The number of rotatable bonds is 3. The molecule has 0 aliphatic carbocycles. The fourth-order valence-corrected chi connectivity index (χ4v) is 4.64. The van der Waals surface area contributed by atoms with Gasteiger partial charge in [0, 0.05) is 13.3 Å². The lowest BCUT2D eigenvalue weighted by atomic mass is 9.98. The lowest BCUT2D eigenvalue weighted by Gasteiger charge is -2.34. The molecule has 5 rings (SSSR count). The van der Waals surface area contributed by atoms with Crippen LogP contribution in [0.5, 0.6) is 5.75 Å². The second kappa shape index (κ2) is 6.23. The van der Waals surface area contributed by atoms with E-state index in [2.05, 4.69) is 109 Å². The molecule has 2 heterocycles. The summed E-state index contributed by atoms with van der Waals surface area (Å²) in [6.07, 6.45) is 0.932. The number of imidazole rings is 1. The van der Waals surface area contributed by atoms with E-state index in [1.165, 1.54) is 16.9 Å². The molecule has 0 saturated carbocycles. The van der Waals surface area contributed by atoms with Crippen LogP contribution in [0.3, 0.4) is 0 Å². The van der Waals surface area contributed by atoms with Gasteiger partial charge in [0.1, 0.15) is 17.0 Å². The zero-order valence-electron chi connectivity index (χ0n) is 16.6. The summed E-state index contributed by atoms with van der Waals surface area (Å²) in [5.41, 5.74) is 4.23. The highest BCUT2D eigenvalue weighted by Gasteiger charge is 2.46. The summed E-state index contributed by atoms with van der Waals surface area (Å²) in [4.78, 5) is 0. The maximum Gasteiger partial charge on any atom is 0.302 e. The average molecular weight is 369 g/mol. The zero-order chi connectivity index (χ0) is 19.3. The van der Waals surface area contributed by atoms with Crippen LogP contribution in [0.1, 0.15) is 27.2 Å². The summed E-state index contributed by atoms with van der Waals surface area (Å²) in [5.74, 6) is 2.64. The third-order valence-corrected chi connectivity index (χ3v) is 5.52. The molecule has 28 heavy (non-hydrogen) atoms. The monoisotopic (exact) mass is 369 g/mol. The summed E-state index contributed by atoms with van der Waals surface area (Å²) in [7, 11) is 0. The standard InChI is InChI=1S/C25H25N2O/c1-18(2)17-25(3)27-22-15-9-8-14-21(22)26(19-11-5-4-6-12-19)24(27)20-13-7-10-16-23(20)28-25/h4-16,18H,17H2,1-3H3/q+1. The second-order valence-corrected chi connectivity index (χ2v) is 8.19.